The van der Waals surface area contributed by atoms with Gasteiger partial charge in [0.15, 0.2) is 11.6 Å². The van der Waals surface area contributed by atoms with Gasteiger partial charge in [-0.05, 0) is 43.9 Å². The molecule has 1 aromatic heterocycles. The molecule has 1 aromatic carbocycles. The van der Waals surface area contributed by atoms with Gasteiger partial charge in [0.05, 0.1) is 31.3 Å². The van der Waals surface area contributed by atoms with E-state index in [1.807, 2.05) is 58.0 Å². The number of carbonyl (C=O) groups is 4. The smallest absolute Gasteiger partial charge is 0.316 e. The van der Waals surface area contributed by atoms with Gasteiger partial charge in [0.2, 0.25) is 0 Å². The fourth-order valence-electron chi connectivity index (χ4n) is 9.86. The van der Waals surface area contributed by atoms with E-state index in [0.29, 0.717) is 12.0 Å². The van der Waals surface area contributed by atoms with Gasteiger partial charge in [-0.1, -0.05) is 63.6 Å². The Morgan fingerprint density at radius 1 is 1.04 bits per heavy atom. The van der Waals surface area contributed by atoms with E-state index >= 15 is 0 Å². The van der Waals surface area contributed by atoms with Gasteiger partial charge in [-0.15, -0.1) is 0 Å². The summed E-state index contributed by atoms with van der Waals surface area (Å²) in [7, 11) is 1.36. The van der Waals surface area contributed by atoms with E-state index in [0.717, 1.165) is 28.0 Å². The molecular weight excluding hydrogens is 572 g/mol. The highest BCUT2D eigenvalue weighted by Crippen LogP contribution is 2.72. The number of ketones is 2. The van der Waals surface area contributed by atoms with Crippen molar-refractivity contribution in [1.82, 2.24) is 0 Å². The van der Waals surface area contributed by atoms with Crippen LogP contribution in [-0.2, 0) is 28.6 Å². The van der Waals surface area contributed by atoms with Crippen LogP contribution in [0.2, 0.25) is 0 Å². The summed E-state index contributed by atoms with van der Waals surface area (Å²) in [4.78, 5) is 52.9. The average Bonchev–Trinajstić information content (AvgIpc) is 3.75. The number of fused-ring (bicyclic) bond motifs is 4. The summed E-state index contributed by atoms with van der Waals surface area (Å²) in [5.74, 6) is -1.11. The molecule has 0 bridgehead atoms. The first-order valence-corrected chi connectivity index (χ1v) is 15.9. The number of allylic oxidation sites excluding steroid dienone is 2. The Kier molecular flexibility index (Phi) is 6.55. The van der Waals surface area contributed by atoms with Gasteiger partial charge in [-0.3, -0.25) is 19.2 Å². The van der Waals surface area contributed by atoms with E-state index < -0.39 is 46.3 Å². The molecule has 1 unspecified atom stereocenters. The Morgan fingerprint density at radius 3 is 2.42 bits per heavy atom. The lowest BCUT2D eigenvalue weighted by atomic mass is 9.42. The van der Waals surface area contributed by atoms with Crippen LogP contribution in [0.5, 0.6) is 0 Å². The van der Waals surface area contributed by atoms with E-state index in [-0.39, 0.29) is 41.9 Å². The van der Waals surface area contributed by atoms with Crippen LogP contribution in [-0.4, -0.2) is 48.9 Å². The molecule has 5 aliphatic rings. The molecule has 8 nitrogen and oxygen atoms in total. The number of furan rings is 1. The number of ether oxygens (including phenoxy) is 3. The third-order valence-corrected chi connectivity index (χ3v) is 12.0. The quantitative estimate of drug-likeness (QED) is 0.214. The van der Waals surface area contributed by atoms with Crippen LogP contribution >= 0.6 is 0 Å². The second-order valence-corrected chi connectivity index (χ2v) is 14.5. The number of hydrogen-bond donors (Lipinski definition) is 0. The second kappa shape index (κ2) is 9.86. The summed E-state index contributed by atoms with van der Waals surface area (Å²) < 4.78 is 24.3. The van der Waals surface area contributed by atoms with E-state index in [1.54, 1.807) is 12.3 Å². The maximum absolute atomic E-state index is 14.0. The lowest BCUT2D eigenvalue weighted by molar-refractivity contribution is -0.190. The normalized spacial score (nSPS) is 37.9. The molecule has 2 saturated heterocycles. The lowest BCUT2D eigenvalue weighted by Crippen LogP contribution is -2.66. The molecule has 3 fully saturated rings. The van der Waals surface area contributed by atoms with Crippen molar-refractivity contribution in [1.29, 1.82) is 0 Å². The van der Waals surface area contributed by atoms with Gasteiger partial charge < -0.3 is 18.6 Å². The molecule has 1 saturated carbocycles. The molecule has 2 aromatic rings. The van der Waals surface area contributed by atoms with Crippen molar-refractivity contribution in [2.75, 3.05) is 7.11 Å². The molecule has 0 amide bonds. The van der Waals surface area contributed by atoms with Gasteiger partial charge in [0.1, 0.15) is 18.0 Å². The predicted octanol–water partition coefficient (Wildman–Crippen LogP) is 6.25. The molecule has 3 aliphatic carbocycles. The molecule has 7 rings (SSSR count). The minimum absolute atomic E-state index is 0.0169. The first-order valence-electron chi connectivity index (χ1n) is 15.9. The van der Waals surface area contributed by atoms with Crippen molar-refractivity contribution in [3.05, 3.63) is 71.0 Å². The average molecular weight is 613 g/mol. The van der Waals surface area contributed by atoms with Crippen molar-refractivity contribution >= 4 is 23.5 Å². The molecule has 9 atom stereocenters. The number of hydrogen-bond acceptors (Lipinski definition) is 8. The van der Waals surface area contributed by atoms with Crippen LogP contribution in [0.25, 0.3) is 11.3 Å². The van der Waals surface area contributed by atoms with Crippen LogP contribution in [0.4, 0.5) is 0 Å². The molecule has 0 N–H and O–H groups in total. The molecule has 0 radical (unpaired) electrons. The van der Waals surface area contributed by atoms with Crippen LogP contribution in [0.1, 0.15) is 76.2 Å². The third-order valence-electron chi connectivity index (χ3n) is 12.0. The zero-order valence-corrected chi connectivity index (χ0v) is 26.8. The zero-order valence-electron chi connectivity index (χ0n) is 26.8. The SMILES string of the molecule is COC(=O)CC1[C@]2(C)C3=C(C)[C@H](c4ccoc4-c4ccc(C(=O)C(C)C)cc4)C[C@H]3O[C@@H]2[C@@H]2OC(=O)[C@]3(C)C=CC(=O)[C@@]1(C)[C@@H]23. The summed E-state index contributed by atoms with van der Waals surface area (Å²) in [6.45, 7) is 11.7. The number of carbonyl (C=O) groups excluding carboxylic acids is 4. The minimum atomic E-state index is -1.06. The molecule has 45 heavy (non-hydrogen) atoms. The molecular formula is C37H40O8. The second-order valence-electron chi connectivity index (χ2n) is 14.5. The molecule has 3 heterocycles. The highest BCUT2D eigenvalue weighted by molar-refractivity contribution is 6.00. The van der Waals surface area contributed by atoms with Crippen molar-refractivity contribution in [3.8, 4) is 11.3 Å². The number of methoxy groups -OCH3 is 1. The van der Waals surface area contributed by atoms with Crippen molar-refractivity contribution in [3.63, 3.8) is 0 Å². The van der Waals surface area contributed by atoms with Gasteiger partial charge in [0.25, 0.3) is 0 Å². The Labute approximate surface area is 263 Å². The summed E-state index contributed by atoms with van der Waals surface area (Å²) in [5, 5.41) is 0. The third kappa shape index (κ3) is 3.81. The Bertz CT molecular complexity index is 1690. The predicted molar refractivity (Wildman–Crippen MR) is 164 cm³/mol. The summed E-state index contributed by atoms with van der Waals surface area (Å²) in [6.07, 6.45) is 4.14. The first-order chi connectivity index (χ1) is 21.3. The molecule has 8 heteroatoms. The van der Waals surface area contributed by atoms with Crippen LogP contribution in [0, 0.1) is 34.0 Å². The molecule has 2 aliphatic heterocycles. The fraction of sp³-hybridized carbons (Fsp3) is 0.514. The number of rotatable bonds is 6. The Balaban J connectivity index is 1.33. The lowest BCUT2D eigenvalue weighted by Gasteiger charge is -2.59. The van der Waals surface area contributed by atoms with E-state index in [9.17, 15) is 19.2 Å². The topological polar surface area (TPSA) is 109 Å². The van der Waals surface area contributed by atoms with Crippen molar-refractivity contribution in [2.45, 2.75) is 78.6 Å². The van der Waals surface area contributed by atoms with Gasteiger partial charge in [0, 0.05) is 45.3 Å². The van der Waals surface area contributed by atoms with E-state index in [4.69, 9.17) is 18.6 Å². The van der Waals surface area contributed by atoms with E-state index in [1.165, 1.54) is 13.2 Å². The monoisotopic (exact) mass is 612 g/mol. The highest BCUT2D eigenvalue weighted by atomic mass is 16.6. The maximum Gasteiger partial charge on any atom is 0.316 e. The number of Topliss-reactive ketones (excluding diaryl/α,β-unsaturated/α-hetero) is 1. The number of esters is 2. The fourth-order valence-corrected chi connectivity index (χ4v) is 9.86. The van der Waals surface area contributed by atoms with Gasteiger partial charge in [-0.2, -0.15) is 0 Å². The standard InChI is InChI=1S/C37H40O8/c1-18(2)29(40)20-8-10-21(11-9-20)30-22(13-15-43-30)23-16-24-28(19(23)3)37(6)25(17-27(39)42-7)36(5)26(38)12-14-35(4)32(36)31(33(37)44-24)45-34(35)41/h8-15,18,23-25,31-33H,16-17H2,1-7H3/t23-,24-,25?,31-,32+,33-,35-,36+,37-/m1/s1. The Morgan fingerprint density at radius 2 is 1.76 bits per heavy atom. The van der Waals surface area contributed by atoms with Gasteiger partial charge in [-0.25, -0.2) is 0 Å². The first kappa shape index (κ1) is 29.9. The number of benzene rings is 1. The zero-order chi connectivity index (χ0) is 32.2. The van der Waals surface area contributed by atoms with Gasteiger partial charge >= 0.3 is 11.9 Å². The van der Waals surface area contributed by atoms with Crippen LogP contribution in [0.3, 0.4) is 0 Å². The summed E-state index contributed by atoms with van der Waals surface area (Å²) in [5.41, 5.74) is 1.93. The van der Waals surface area contributed by atoms with Crippen molar-refractivity contribution < 1.29 is 37.8 Å². The summed E-state index contributed by atoms with van der Waals surface area (Å²) in [6, 6.07) is 9.52. The maximum atomic E-state index is 14.0. The largest absolute Gasteiger partial charge is 0.469 e. The highest BCUT2D eigenvalue weighted by Gasteiger charge is 2.77. The van der Waals surface area contributed by atoms with E-state index in [2.05, 4.69) is 13.8 Å². The Hall–Kier alpha value is -3.78. The van der Waals surface area contributed by atoms with Crippen LogP contribution in [0.15, 0.2) is 64.3 Å². The minimum Gasteiger partial charge on any atom is -0.469 e. The molecule has 236 valence electrons. The van der Waals surface area contributed by atoms with Crippen LogP contribution < -0.4 is 0 Å². The summed E-state index contributed by atoms with van der Waals surface area (Å²) >= 11 is 0. The molecule has 0 spiro atoms. The van der Waals surface area contributed by atoms with Crippen molar-refractivity contribution in [2.24, 2.45) is 34.0 Å².